The first kappa shape index (κ1) is 12.0. The quantitative estimate of drug-likeness (QED) is 0.445. The zero-order valence-electron chi connectivity index (χ0n) is 9.06. The zero-order chi connectivity index (χ0) is 11.3. The van der Waals surface area contributed by atoms with Crippen LogP contribution in [-0.4, -0.2) is 28.8 Å². The fourth-order valence-electron chi connectivity index (χ4n) is 1.08. The summed E-state index contributed by atoms with van der Waals surface area (Å²) in [5.74, 6) is -0.581. The molecule has 0 N–H and O–H groups in total. The molecule has 0 aromatic carbocycles. The Labute approximate surface area is 93.5 Å². The van der Waals surface area contributed by atoms with Crippen molar-refractivity contribution in [3.8, 4) is 0 Å². The molecule has 1 aromatic rings. The van der Waals surface area contributed by atoms with Crippen molar-refractivity contribution >= 4 is 17.7 Å². The lowest BCUT2D eigenvalue weighted by Crippen LogP contribution is -2.14. The van der Waals surface area contributed by atoms with Crippen molar-refractivity contribution in [1.82, 2.24) is 9.97 Å². The van der Waals surface area contributed by atoms with Gasteiger partial charge in [0.1, 0.15) is 0 Å². The fraction of sp³-hybridized carbons (Fsp3) is 0.500. The summed E-state index contributed by atoms with van der Waals surface area (Å²) >= 11 is 1.45. The molecule has 0 radical (unpaired) electrons. The van der Waals surface area contributed by atoms with Gasteiger partial charge < -0.3 is 4.74 Å². The van der Waals surface area contributed by atoms with Gasteiger partial charge in [-0.1, -0.05) is 11.8 Å². The van der Waals surface area contributed by atoms with Gasteiger partial charge in [-0.25, -0.2) is 9.97 Å². The average Bonchev–Trinajstić information content (AvgIpc) is 2.28. The Morgan fingerprint density at radius 3 is 3.00 bits per heavy atom. The Balaban J connectivity index is 2.81. The highest BCUT2D eigenvalue weighted by Crippen LogP contribution is 2.16. The van der Waals surface area contributed by atoms with Crippen molar-refractivity contribution in [2.75, 3.05) is 12.9 Å². The first-order chi connectivity index (χ1) is 7.19. The number of thioether (sulfide) groups is 1. The normalized spacial score (nSPS) is 12.2. The van der Waals surface area contributed by atoms with Gasteiger partial charge in [0, 0.05) is 6.20 Å². The van der Waals surface area contributed by atoms with Crippen molar-refractivity contribution in [1.29, 1.82) is 0 Å². The summed E-state index contributed by atoms with van der Waals surface area (Å²) in [7, 11) is 0. The monoisotopic (exact) mass is 226 g/mol. The molecule has 15 heavy (non-hydrogen) atoms. The number of nitrogens with zero attached hydrogens (tertiary/aromatic N) is 2. The maximum Gasteiger partial charge on any atom is 0.314 e. The summed E-state index contributed by atoms with van der Waals surface area (Å²) in [5, 5.41) is 0.670. The second-order valence-corrected chi connectivity index (χ2v) is 3.72. The van der Waals surface area contributed by atoms with E-state index in [4.69, 9.17) is 4.74 Å². The molecule has 0 aliphatic carbocycles. The molecule has 0 saturated heterocycles. The summed E-state index contributed by atoms with van der Waals surface area (Å²) in [6, 6.07) is 1.74. The van der Waals surface area contributed by atoms with Gasteiger partial charge in [0.25, 0.3) is 0 Å². The third-order valence-electron chi connectivity index (χ3n) is 1.92. The lowest BCUT2D eigenvalue weighted by Gasteiger charge is -2.09. The molecule has 1 aromatic heterocycles. The molecular weight excluding hydrogens is 212 g/mol. The van der Waals surface area contributed by atoms with E-state index >= 15 is 0 Å². The van der Waals surface area contributed by atoms with Crippen LogP contribution in [0.2, 0.25) is 0 Å². The van der Waals surface area contributed by atoms with Gasteiger partial charge in [-0.3, -0.25) is 4.79 Å². The third-order valence-corrected chi connectivity index (χ3v) is 2.48. The molecule has 82 valence electrons. The van der Waals surface area contributed by atoms with E-state index < -0.39 is 0 Å². The van der Waals surface area contributed by atoms with Gasteiger partial charge in [0.2, 0.25) is 0 Å². The standard InChI is InChI=1S/C10H14N2O2S/c1-4-14-9(13)7(2)8-5-6-11-10(12-8)15-3/h5-7H,4H2,1-3H3. The van der Waals surface area contributed by atoms with Crippen LogP contribution in [0.25, 0.3) is 0 Å². The maximum atomic E-state index is 11.5. The molecule has 0 bridgehead atoms. The van der Waals surface area contributed by atoms with Crippen LogP contribution in [0.4, 0.5) is 0 Å². The number of carbonyl (C=O) groups excluding carboxylic acids is 1. The van der Waals surface area contributed by atoms with Crippen LogP contribution >= 0.6 is 11.8 Å². The second-order valence-electron chi connectivity index (χ2n) is 2.94. The van der Waals surface area contributed by atoms with Gasteiger partial charge in [-0.15, -0.1) is 0 Å². The predicted molar refractivity (Wildman–Crippen MR) is 58.9 cm³/mol. The fourth-order valence-corrected chi connectivity index (χ4v) is 1.44. The first-order valence-electron chi connectivity index (χ1n) is 4.72. The molecule has 1 unspecified atom stereocenters. The minimum Gasteiger partial charge on any atom is -0.465 e. The highest BCUT2D eigenvalue weighted by atomic mass is 32.2. The van der Waals surface area contributed by atoms with Crippen LogP contribution in [0.15, 0.2) is 17.4 Å². The SMILES string of the molecule is CCOC(=O)C(C)c1ccnc(SC)n1. The minimum absolute atomic E-state index is 0.247. The molecule has 1 rings (SSSR count). The highest BCUT2D eigenvalue weighted by molar-refractivity contribution is 7.98. The molecule has 0 amide bonds. The first-order valence-corrected chi connectivity index (χ1v) is 5.95. The van der Waals surface area contributed by atoms with E-state index in [1.807, 2.05) is 6.26 Å². The third kappa shape index (κ3) is 3.20. The molecule has 0 aliphatic heterocycles. The number of aromatic nitrogens is 2. The molecule has 0 spiro atoms. The Bertz CT molecular complexity index is 344. The van der Waals surface area contributed by atoms with Crippen LogP contribution in [0, 0.1) is 0 Å². The number of carbonyl (C=O) groups is 1. The van der Waals surface area contributed by atoms with E-state index in [0.717, 1.165) is 0 Å². The molecule has 0 saturated carbocycles. The Kier molecular flexibility index (Phi) is 4.55. The number of hydrogen-bond donors (Lipinski definition) is 0. The lowest BCUT2D eigenvalue weighted by molar-refractivity contribution is -0.144. The molecule has 0 aliphatic rings. The number of rotatable bonds is 4. The van der Waals surface area contributed by atoms with Crippen LogP contribution in [-0.2, 0) is 9.53 Å². The van der Waals surface area contributed by atoms with Crippen LogP contribution in [0.5, 0.6) is 0 Å². The summed E-state index contributed by atoms with van der Waals surface area (Å²) in [6.07, 6.45) is 3.55. The molecule has 1 atom stereocenters. The lowest BCUT2D eigenvalue weighted by atomic mass is 10.1. The van der Waals surface area contributed by atoms with Crippen LogP contribution in [0.1, 0.15) is 25.5 Å². The van der Waals surface area contributed by atoms with E-state index in [2.05, 4.69) is 9.97 Å². The molecule has 0 fully saturated rings. The molecular formula is C10H14N2O2S. The summed E-state index contributed by atoms with van der Waals surface area (Å²) in [6.45, 7) is 3.96. The van der Waals surface area contributed by atoms with Gasteiger partial charge in [-0.05, 0) is 26.2 Å². The van der Waals surface area contributed by atoms with Gasteiger partial charge in [0.05, 0.1) is 18.2 Å². The molecule has 5 heteroatoms. The van der Waals surface area contributed by atoms with Gasteiger partial charge in [0.15, 0.2) is 5.16 Å². The number of esters is 1. The minimum atomic E-state index is -0.334. The largest absolute Gasteiger partial charge is 0.465 e. The number of hydrogen-bond acceptors (Lipinski definition) is 5. The van der Waals surface area contributed by atoms with Gasteiger partial charge >= 0.3 is 5.97 Å². The Hall–Kier alpha value is -1.10. The summed E-state index contributed by atoms with van der Waals surface area (Å²) < 4.78 is 4.93. The van der Waals surface area contributed by atoms with E-state index in [-0.39, 0.29) is 11.9 Å². The zero-order valence-corrected chi connectivity index (χ0v) is 9.87. The van der Waals surface area contributed by atoms with E-state index in [9.17, 15) is 4.79 Å². The van der Waals surface area contributed by atoms with Gasteiger partial charge in [-0.2, -0.15) is 0 Å². The number of ether oxygens (including phenoxy) is 1. The molecule has 4 nitrogen and oxygen atoms in total. The highest BCUT2D eigenvalue weighted by Gasteiger charge is 2.17. The second kappa shape index (κ2) is 5.70. The van der Waals surface area contributed by atoms with E-state index in [1.165, 1.54) is 11.8 Å². The van der Waals surface area contributed by atoms with Crippen molar-refractivity contribution in [3.63, 3.8) is 0 Å². The smallest absolute Gasteiger partial charge is 0.314 e. The average molecular weight is 226 g/mol. The Morgan fingerprint density at radius 1 is 1.67 bits per heavy atom. The van der Waals surface area contributed by atoms with Crippen molar-refractivity contribution in [2.45, 2.75) is 24.9 Å². The van der Waals surface area contributed by atoms with Crippen molar-refractivity contribution < 1.29 is 9.53 Å². The Morgan fingerprint density at radius 2 is 2.40 bits per heavy atom. The molecule has 1 heterocycles. The summed E-state index contributed by atoms with van der Waals surface area (Å²) in [5.41, 5.74) is 0.702. The van der Waals surface area contributed by atoms with Crippen molar-refractivity contribution in [2.24, 2.45) is 0 Å². The van der Waals surface area contributed by atoms with E-state index in [1.54, 1.807) is 26.1 Å². The predicted octanol–water partition coefficient (Wildman–Crippen LogP) is 1.87. The van der Waals surface area contributed by atoms with E-state index in [0.29, 0.717) is 17.5 Å². The van der Waals surface area contributed by atoms with Crippen molar-refractivity contribution in [3.05, 3.63) is 18.0 Å². The van der Waals surface area contributed by atoms with Crippen LogP contribution < -0.4 is 0 Å². The van der Waals surface area contributed by atoms with Crippen LogP contribution in [0.3, 0.4) is 0 Å². The topological polar surface area (TPSA) is 52.1 Å². The maximum absolute atomic E-state index is 11.5. The summed E-state index contributed by atoms with van der Waals surface area (Å²) in [4.78, 5) is 19.7.